The van der Waals surface area contributed by atoms with Gasteiger partial charge in [-0.15, -0.1) is 5.23 Å². The number of hydrogen-bond donors (Lipinski definition) is 4. The van der Waals surface area contributed by atoms with E-state index >= 15 is 0 Å². The molecule has 0 aliphatic rings. The van der Waals surface area contributed by atoms with E-state index in [1.54, 1.807) is 0 Å². The number of aromatic hydroxyl groups is 2. The zero-order valence-electron chi connectivity index (χ0n) is 5.47. The zero-order valence-corrected chi connectivity index (χ0v) is 5.47. The molecule has 1 aromatic rings. The van der Waals surface area contributed by atoms with Crippen LogP contribution in [0, 0.1) is 0 Å². The topological polar surface area (TPSA) is 84.2 Å². The van der Waals surface area contributed by atoms with Crippen LogP contribution in [-0.2, 0) is 0 Å². The normalized spacial score (nSPS) is 9.64. The fraction of sp³-hybridized carbons (Fsp3) is 0. The number of benzene rings is 1. The second-order valence-electron chi connectivity index (χ2n) is 1.93. The summed E-state index contributed by atoms with van der Waals surface area (Å²) in [5.41, 5.74) is -0.273. The van der Waals surface area contributed by atoms with Crippen LogP contribution in [0.3, 0.4) is 0 Å². The van der Waals surface area contributed by atoms with E-state index in [-0.39, 0.29) is 10.9 Å². The molecule has 11 heavy (non-hydrogen) atoms. The van der Waals surface area contributed by atoms with Crippen molar-refractivity contribution in [1.29, 1.82) is 0 Å². The molecular formula is C6H7NO4. The highest BCUT2D eigenvalue weighted by molar-refractivity contribution is 5.60. The summed E-state index contributed by atoms with van der Waals surface area (Å²) < 4.78 is 0. The molecule has 60 valence electrons. The average Bonchev–Trinajstić information content (AvgIpc) is 1.94. The van der Waals surface area contributed by atoms with Crippen LogP contribution in [0.5, 0.6) is 11.5 Å². The van der Waals surface area contributed by atoms with Crippen molar-refractivity contribution in [2.75, 3.05) is 5.23 Å². The van der Waals surface area contributed by atoms with Crippen molar-refractivity contribution in [2.24, 2.45) is 0 Å². The highest BCUT2D eigenvalue weighted by Gasteiger charge is 2.08. The summed E-state index contributed by atoms with van der Waals surface area (Å²) in [5, 5.41) is 34.4. The lowest BCUT2D eigenvalue weighted by atomic mass is 10.3. The number of nitrogens with zero attached hydrogens (tertiary/aromatic N) is 1. The first-order valence-corrected chi connectivity index (χ1v) is 2.81. The van der Waals surface area contributed by atoms with E-state index in [4.69, 9.17) is 20.6 Å². The maximum absolute atomic E-state index is 8.96. The molecule has 5 nitrogen and oxygen atoms in total. The first-order chi connectivity index (χ1) is 5.13. The quantitative estimate of drug-likeness (QED) is 0.356. The predicted molar refractivity (Wildman–Crippen MR) is 35.8 cm³/mol. The van der Waals surface area contributed by atoms with Gasteiger partial charge in [-0.25, -0.2) is 0 Å². The number of rotatable bonds is 1. The van der Waals surface area contributed by atoms with E-state index in [2.05, 4.69) is 0 Å². The Hall–Kier alpha value is -1.46. The van der Waals surface area contributed by atoms with Gasteiger partial charge in [-0.3, -0.25) is 10.4 Å². The molecule has 0 saturated carbocycles. The molecule has 0 atom stereocenters. The minimum Gasteiger partial charge on any atom is -0.504 e. The second-order valence-corrected chi connectivity index (χ2v) is 1.93. The molecule has 0 aliphatic heterocycles. The SMILES string of the molecule is Oc1cccc(N(O)O)c1O. The van der Waals surface area contributed by atoms with E-state index < -0.39 is 11.5 Å². The highest BCUT2D eigenvalue weighted by atomic mass is 16.8. The van der Waals surface area contributed by atoms with E-state index in [0.29, 0.717) is 0 Å². The lowest BCUT2D eigenvalue weighted by Crippen LogP contribution is -2.10. The van der Waals surface area contributed by atoms with Gasteiger partial charge in [-0.2, -0.15) is 0 Å². The molecule has 0 amide bonds. The minimum atomic E-state index is -0.572. The Balaban J connectivity index is 3.17. The van der Waals surface area contributed by atoms with Gasteiger partial charge in [-0.05, 0) is 12.1 Å². The summed E-state index contributed by atoms with van der Waals surface area (Å²) in [6, 6.07) is 3.82. The van der Waals surface area contributed by atoms with Gasteiger partial charge < -0.3 is 10.2 Å². The molecule has 0 heterocycles. The van der Waals surface area contributed by atoms with Gasteiger partial charge in [0.2, 0.25) is 0 Å². The van der Waals surface area contributed by atoms with E-state index in [0.717, 1.165) is 0 Å². The fourth-order valence-electron chi connectivity index (χ4n) is 0.681. The third kappa shape index (κ3) is 1.34. The van der Waals surface area contributed by atoms with Gasteiger partial charge in [0.25, 0.3) is 0 Å². The Morgan fingerprint density at radius 2 is 1.73 bits per heavy atom. The van der Waals surface area contributed by atoms with Crippen LogP contribution in [0.2, 0.25) is 0 Å². The summed E-state index contributed by atoms with van der Waals surface area (Å²) in [6.07, 6.45) is 0. The molecule has 4 N–H and O–H groups in total. The van der Waals surface area contributed by atoms with E-state index in [1.165, 1.54) is 18.2 Å². The van der Waals surface area contributed by atoms with Gasteiger partial charge >= 0.3 is 0 Å². The molecule has 0 unspecified atom stereocenters. The van der Waals surface area contributed by atoms with Crippen molar-refractivity contribution in [3.8, 4) is 11.5 Å². The van der Waals surface area contributed by atoms with Crippen LogP contribution in [0.4, 0.5) is 5.69 Å². The van der Waals surface area contributed by atoms with Crippen LogP contribution in [0.25, 0.3) is 0 Å². The van der Waals surface area contributed by atoms with Crippen LogP contribution >= 0.6 is 0 Å². The molecule has 0 saturated heterocycles. The van der Waals surface area contributed by atoms with Gasteiger partial charge in [0.05, 0.1) is 0 Å². The van der Waals surface area contributed by atoms with Crippen LogP contribution in [0.1, 0.15) is 0 Å². The van der Waals surface area contributed by atoms with Crippen molar-refractivity contribution >= 4 is 5.69 Å². The fourth-order valence-corrected chi connectivity index (χ4v) is 0.681. The Morgan fingerprint density at radius 1 is 1.09 bits per heavy atom. The Morgan fingerprint density at radius 3 is 2.18 bits per heavy atom. The molecule has 0 aromatic heterocycles. The lowest BCUT2D eigenvalue weighted by molar-refractivity contribution is 0.0278. The summed E-state index contributed by atoms with van der Waals surface area (Å²) in [4.78, 5) is 0. The summed E-state index contributed by atoms with van der Waals surface area (Å²) >= 11 is 0. The molecule has 5 heteroatoms. The Kier molecular flexibility index (Phi) is 1.84. The average molecular weight is 157 g/mol. The molecule has 0 fully saturated rings. The molecule has 0 aliphatic carbocycles. The first kappa shape index (κ1) is 7.64. The van der Waals surface area contributed by atoms with E-state index in [1.807, 2.05) is 0 Å². The molecule has 0 bridgehead atoms. The standard InChI is InChI=1S/C6H7NO4/c8-5-3-1-2-4(6(5)9)7(10)11/h1-3,8-11H. The van der Waals surface area contributed by atoms with Crippen LogP contribution in [-0.4, -0.2) is 20.6 Å². The zero-order chi connectivity index (χ0) is 8.43. The second kappa shape index (κ2) is 2.65. The summed E-state index contributed by atoms with van der Waals surface area (Å²) in [5.74, 6) is -0.979. The molecular weight excluding hydrogens is 150 g/mol. The molecule has 1 rings (SSSR count). The van der Waals surface area contributed by atoms with Crippen molar-refractivity contribution in [1.82, 2.24) is 0 Å². The Bertz CT molecular complexity index is 261. The monoisotopic (exact) mass is 157 g/mol. The number of phenols is 2. The first-order valence-electron chi connectivity index (χ1n) is 2.81. The number of anilines is 1. The van der Waals surface area contributed by atoms with Gasteiger partial charge in [0, 0.05) is 0 Å². The van der Waals surface area contributed by atoms with Gasteiger partial charge in [0.15, 0.2) is 11.5 Å². The number of hydrogen-bond acceptors (Lipinski definition) is 5. The van der Waals surface area contributed by atoms with Crippen molar-refractivity contribution < 1.29 is 20.6 Å². The summed E-state index contributed by atoms with van der Waals surface area (Å²) in [7, 11) is 0. The van der Waals surface area contributed by atoms with Crippen molar-refractivity contribution in [3.05, 3.63) is 18.2 Å². The third-order valence-electron chi connectivity index (χ3n) is 1.21. The number of para-hydroxylation sites is 1. The van der Waals surface area contributed by atoms with Gasteiger partial charge in [0.1, 0.15) is 5.69 Å². The molecule has 0 radical (unpaired) electrons. The minimum absolute atomic E-state index is 0.269. The number of phenolic OH excluding ortho intramolecular Hbond substituents is 2. The van der Waals surface area contributed by atoms with Crippen molar-refractivity contribution in [3.63, 3.8) is 0 Å². The summed E-state index contributed by atoms with van der Waals surface area (Å²) in [6.45, 7) is 0. The lowest BCUT2D eigenvalue weighted by Gasteiger charge is -2.09. The van der Waals surface area contributed by atoms with Crippen LogP contribution in [0.15, 0.2) is 18.2 Å². The predicted octanol–water partition coefficient (Wildman–Crippen LogP) is 0.683. The maximum Gasteiger partial charge on any atom is 0.186 e. The largest absolute Gasteiger partial charge is 0.504 e. The highest BCUT2D eigenvalue weighted by Crippen LogP contribution is 2.33. The third-order valence-corrected chi connectivity index (χ3v) is 1.21. The molecule has 0 spiro atoms. The Labute approximate surface area is 62.3 Å². The smallest absolute Gasteiger partial charge is 0.186 e. The van der Waals surface area contributed by atoms with Crippen molar-refractivity contribution in [2.45, 2.75) is 0 Å². The maximum atomic E-state index is 8.96. The van der Waals surface area contributed by atoms with Gasteiger partial charge in [-0.1, -0.05) is 6.07 Å². The van der Waals surface area contributed by atoms with Crippen LogP contribution < -0.4 is 5.23 Å². The van der Waals surface area contributed by atoms with E-state index in [9.17, 15) is 0 Å². The molecule has 1 aromatic carbocycles.